The van der Waals surface area contributed by atoms with Crippen molar-refractivity contribution < 1.29 is 4.74 Å². The van der Waals surface area contributed by atoms with Crippen molar-refractivity contribution in [1.82, 2.24) is 5.32 Å². The van der Waals surface area contributed by atoms with E-state index in [0.29, 0.717) is 6.61 Å². The maximum absolute atomic E-state index is 9.37. The molecule has 1 atom stereocenters. The molecule has 1 aromatic rings. The van der Waals surface area contributed by atoms with E-state index in [1.165, 1.54) is 0 Å². The van der Waals surface area contributed by atoms with Crippen LogP contribution in [0.4, 0.5) is 0 Å². The highest BCUT2D eigenvalue weighted by atomic mass is 16.5. The lowest BCUT2D eigenvalue weighted by atomic mass is 9.92. The monoisotopic (exact) mass is 260 g/mol. The number of benzene rings is 1. The summed E-state index contributed by atoms with van der Waals surface area (Å²) in [7, 11) is 0. The third kappa shape index (κ3) is 5.32. The molecule has 0 spiro atoms. The summed E-state index contributed by atoms with van der Waals surface area (Å²) >= 11 is 0. The van der Waals surface area contributed by atoms with Crippen molar-refractivity contribution in [2.24, 2.45) is 0 Å². The van der Waals surface area contributed by atoms with E-state index in [4.69, 9.17) is 4.74 Å². The van der Waals surface area contributed by atoms with Crippen LogP contribution in [0.2, 0.25) is 0 Å². The molecule has 1 rings (SSSR count). The predicted octanol–water partition coefficient (Wildman–Crippen LogP) is 3.52. The summed E-state index contributed by atoms with van der Waals surface area (Å²) in [6, 6.07) is 12.2. The minimum Gasteiger partial charge on any atom is -0.494 e. The smallest absolute Gasteiger partial charge is 0.119 e. The molecule has 0 saturated carbocycles. The molecule has 0 saturated heterocycles. The van der Waals surface area contributed by atoms with Crippen molar-refractivity contribution in [2.45, 2.75) is 45.1 Å². The summed E-state index contributed by atoms with van der Waals surface area (Å²) in [5, 5.41) is 12.7. The SMILES string of the molecule is CCCNC(C#N)(CC)CCCOc1ccccc1. The molecule has 1 aromatic carbocycles. The molecule has 3 nitrogen and oxygen atoms in total. The average Bonchev–Trinajstić information content (AvgIpc) is 2.48. The van der Waals surface area contributed by atoms with Gasteiger partial charge < -0.3 is 4.74 Å². The zero-order valence-electron chi connectivity index (χ0n) is 12.0. The second kappa shape index (κ2) is 8.55. The Bertz CT molecular complexity index is 385. The highest BCUT2D eigenvalue weighted by molar-refractivity contribution is 5.20. The molecule has 0 bridgehead atoms. The van der Waals surface area contributed by atoms with Gasteiger partial charge in [0.2, 0.25) is 0 Å². The van der Waals surface area contributed by atoms with Gasteiger partial charge in [0, 0.05) is 0 Å². The minimum atomic E-state index is -0.393. The number of ether oxygens (including phenoxy) is 1. The Kier molecular flexibility index (Phi) is 6.99. The van der Waals surface area contributed by atoms with Crippen molar-refractivity contribution in [1.29, 1.82) is 5.26 Å². The fourth-order valence-electron chi connectivity index (χ4n) is 2.01. The lowest BCUT2D eigenvalue weighted by Gasteiger charge is -2.26. The number of nitrogens with one attached hydrogen (secondary N) is 1. The second-order valence-corrected chi connectivity index (χ2v) is 4.74. The molecule has 0 aliphatic heterocycles. The van der Waals surface area contributed by atoms with E-state index in [9.17, 15) is 5.26 Å². The summed E-state index contributed by atoms with van der Waals surface area (Å²) < 4.78 is 5.66. The van der Waals surface area contributed by atoms with Gasteiger partial charge in [-0.2, -0.15) is 5.26 Å². The normalized spacial score (nSPS) is 13.5. The molecule has 104 valence electrons. The molecule has 0 heterocycles. The van der Waals surface area contributed by atoms with Gasteiger partial charge in [0.1, 0.15) is 11.3 Å². The predicted molar refractivity (Wildman–Crippen MR) is 78.1 cm³/mol. The third-order valence-electron chi connectivity index (χ3n) is 3.29. The number of para-hydroxylation sites is 1. The fourth-order valence-corrected chi connectivity index (χ4v) is 2.01. The molecule has 0 radical (unpaired) electrons. The molecular formula is C16H24N2O. The van der Waals surface area contributed by atoms with E-state index in [1.807, 2.05) is 30.3 Å². The van der Waals surface area contributed by atoms with Gasteiger partial charge in [-0.25, -0.2) is 0 Å². The average molecular weight is 260 g/mol. The van der Waals surface area contributed by atoms with Gasteiger partial charge in [0.25, 0.3) is 0 Å². The van der Waals surface area contributed by atoms with E-state index in [1.54, 1.807) is 0 Å². The molecule has 0 aliphatic carbocycles. The van der Waals surface area contributed by atoms with Crippen LogP contribution in [-0.4, -0.2) is 18.7 Å². The van der Waals surface area contributed by atoms with Crippen LogP contribution in [0, 0.1) is 11.3 Å². The van der Waals surface area contributed by atoms with Gasteiger partial charge in [0.15, 0.2) is 0 Å². The van der Waals surface area contributed by atoms with Crippen molar-refractivity contribution in [3.8, 4) is 11.8 Å². The molecule has 0 aliphatic rings. The molecule has 0 aromatic heterocycles. The zero-order chi connectivity index (χ0) is 14.0. The minimum absolute atomic E-state index is 0.393. The summed E-state index contributed by atoms with van der Waals surface area (Å²) in [5.41, 5.74) is -0.393. The Labute approximate surface area is 116 Å². The van der Waals surface area contributed by atoms with E-state index in [2.05, 4.69) is 25.2 Å². The number of rotatable bonds is 9. The van der Waals surface area contributed by atoms with Crippen molar-refractivity contribution in [2.75, 3.05) is 13.2 Å². The number of nitrogens with zero attached hydrogens (tertiary/aromatic N) is 1. The van der Waals surface area contributed by atoms with Crippen molar-refractivity contribution >= 4 is 0 Å². The zero-order valence-corrected chi connectivity index (χ0v) is 12.0. The Morgan fingerprint density at radius 2 is 2.00 bits per heavy atom. The van der Waals surface area contributed by atoms with Crippen molar-refractivity contribution in [3.05, 3.63) is 30.3 Å². The third-order valence-corrected chi connectivity index (χ3v) is 3.29. The topological polar surface area (TPSA) is 45.0 Å². The first-order valence-corrected chi connectivity index (χ1v) is 7.10. The standard InChI is InChI=1S/C16H24N2O/c1-3-12-18-16(4-2,14-17)11-8-13-19-15-9-6-5-7-10-15/h5-7,9-10,18H,3-4,8,11-13H2,1-2H3. The maximum atomic E-state index is 9.37. The van der Waals surface area contributed by atoms with Gasteiger partial charge >= 0.3 is 0 Å². The quantitative estimate of drug-likeness (QED) is 0.691. The van der Waals surface area contributed by atoms with E-state index < -0.39 is 5.54 Å². The van der Waals surface area contributed by atoms with Crippen molar-refractivity contribution in [3.63, 3.8) is 0 Å². The number of hydrogen-bond donors (Lipinski definition) is 1. The first-order chi connectivity index (χ1) is 9.26. The van der Waals surface area contributed by atoms with Crippen LogP contribution in [0.1, 0.15) is 39.5 Å². The van der Waals surface area contributed by atoms with Crippen LogP contribution in [0.3, 0.4) is 0 Å². The summed E-state index contributed by atoms with van der Waals surface area (Å²) in [6.45, 7) is 5.72. The first-order valence-electron chi connectivity index (χ1n) is 7.10. The first kappa shape index (κ1) is 15.5. The van der Waals surface area contributed by atoms with Crippen LogP contribution in [0.5, 0.6) is 5.75 Å². The van der Waals surface area contributed by atoms with Crippen LogP contribution in [-0.2, 0) is 0 Å². The van der Waals surface area contributed by atoms with E-state index in [0.717, 1.165) is 38.0 Å². The van der Waals surface area contributed by atoms with E-state index in [-0.39, 0.29) is 0 Å². The lowest BCUT2D eigenvalue weighted by molar-refractivity contribution is 0.276. The Hall–Kier alpha value is -1.53. The molecule has 0 fully saturated rings. The maximum Gasteiger partial charge on any atom is 0.119 e. The fraction of sp³-hybridized carbons (Fsp3) is 0.562. The summed E-state index contributed by atoms with van der Waals surface area (Å²) in [5.74, 6) is 0.892. The van der Waals surface area contributed by atoms with Gasteiger partial charge in [0.05, 0.1) is 12.7 Å². The van der Waals surface area contributed by atoms with Crippen LogP contribution >= 0.6 is 0 Å². The lowest BCUT2D eigenvalue weighted by Crippen LogP contribution is -2.44. The van der Waals surface area contributed by atoms with Gasteiger partial charge in [-0.05, 0) is 44.4 Å². The highest BCUT2D eigenvalue weighted by Gasteiger charge is 2.26. The van der Waals surface area contributed by atoms with Crippen LogP contribution in [0.15, 0.2) is 30.3 Å². The van der Waals surface area contributed by atoms with Gasteiger partial charge in [-0.15, -0.1) is 0 Å². The molecule has 0 amide bonds. The summed E-state index contributed by atoms with van der Waals surface area (Å²) in [6.07, 6.45) is 3.58. The Morgan fingerprint density at radius 1 is 1.26 bits per heavy atom. The number of hydrogen-bond acceptors (Lipinski definition) is 3. The molecule has 1 N–H and O–H groups in total. The Balaban J connectivity index is 2.34. The molecular weight excluding hydrogens is 236 g/mol. The van der Waals surface area contributed by atoms with Gasteiger partial charge in [-0.1, -0.05) is 32.0 Å². The molecule has 1 unspecified atom stereocenters. The molecule has 19 heavy (non-hydrogen) atoms. The second-order valence-electron chi connectivity index (χ2n) is 4.74. The Morgan fingerprint density at radius 3 is 2.58 bits per heavy atom. The highest BCUT2D eigenvalue weighted by Crippen LogP contribution is 2.17. The summed E-state index contributed by atoms with van der Waals surface area (Å²) in [4.78, 5) is 0. The van der Waals surface area contributed by atoms with Crippen LogP contribution in [0.25, 0.3) is 0 Å². The van der Waals surface area contributed by atoms with E-state index >= 15 is 0 Å². The molecule has 3 heteroatoms. The van der Waals surface area contributed by atoms with Gasteiger partial charge in [-0.3, -0.25) is 5.32 Å². The van der Waals surface area contributed by atoms with Crippen LogP contribution < -0.4 is 10.1 Å². The largest absolute Gasteiger partial charge is 0.494 e. The number of nitriles is 1.